The molecule has 0 saturated carbocycles. The second-order valence-electron chi connectivity index (χ2n) is 12.4. The van der Waals surface area contributed by atoms with Gasteiger partial charge in [-0.2, -0.15) is 5.10 Å². The van der Waals surface area contributed by atoms with E-state index in [2.05, 4.69) is 30.7 Å². The number of nitrogens with zero attached hydrogens (tertiary/aromatic N) is 6. The summed E-state index contributed by atoms with van der Waals surface area (Å²) in [5.41, 5.74) is 5.90. The molecule has 1 unspecified atom stereocenters. The lowest BCUT2D eigenvalue weighted by molar-refractivity contribution is -0.136. The maximum Gasteiger partial charge on any atom is 0.426 e. The molecule has 3 aliphatic heterocycles. The van der Waals surface area contributed by atoms with Gasteiger partial charge in [0.2, 0.25) is 5.91 Å². The largest absolute Gasteiger partial charge is 0.426 e. The van der Waals surface area contributed by atoms with Gasteiger partial charge in [-0.25, -0.2) is 9.59 Å². The Balaban J connectivity index is 0.987. The van der Waals surface area contributed by atoms with Crippen LogP contribution >= 0.6 is 0 Å². The lowest BCUT2D eigenvalue weighted by Gasteiger charge is -2.40. The Morgan fingerprint density at radius 3 is 2.57 bits per heavy atom. The number of hydroxylamine groups is 2. The van der Waals surface area contributed by atoms with Crippen molar-refractivity contribution in [2.45, 2.75) is 44.8 Å². The van der Waals surface area contributed by atoms with E-state index in [1.807, 2.05) is 65.3 Å². The van der Waals surface area contributed by atoms with E-state index >= 15 is 0 Å². The number of H-pyrrole nitrogens is 1. The molecule has 0 spiro atoms. The summed E-state index contributed by atoms with van der Waals surface area (Å²) in [5, 5.41) is 15.6. The Kier molecular flexibility index (Phi) is 8.62. The van der Waals surface area contributed by atoms with E-state index in [4.69, 9.17) is 4.84 Å². The number of aromatic amines is 1. The van der Waals surface area contributed by atoms with Crippen molar-refractivity contribution >= 4 is 40.3 Å². The lowest BCUT2D eigenvalue weighted by Crippen LogP contribution is -2.56. The molecular formula is C34H39N9O4. The number of benzene rings is 2. The number of rotatable bonds is 7. The second-order valence-corrected chi connectivity index (χ2v) is 12.4. The Morgan fingerprint density at radius 2 is 1.79 bits per heavy atom. The van der Waals surface area contributed by atoms with Crippen LogP contribution in [0.2, 0.25) is 0 Å². The van der Waals surface area contributed by atoms with Crippen molar-refractivity contribution in [2.24, 2.45) is 0 Å². The molecule has 4 amide bonds. The molecule has 0 bridgehead atoms. The second kappa shape index (κ2) is 13.3. The van der Waals surface area contributed by atoms with Crippen molar-refractivity contribution in [3.8, 4) is 0 Å². The number of anilines is 2. The lowest BCUT2D eigenvalue weighted by atomic mass is 10.0. The summed E-state index contributed by atoms with van der Waals surface area (Å²) >= 11 is 0. The van der Waals surface area contributed by atoms with Gasteiger partial charge in [-0.1, -0.05) is 24.3 Å². The summed E-state index contributed by atoms with van der Waals surface area (Å²) in [4.78, 5) is 55.8. The number of piperazine rings is 1. The van der Waals surface area contributed by atoms with Gasteiger partial charge in [-0.3, -0.25) is 14.9 Å². The van der Waals surface area contributed by atoms with Gasteiger partial charge in [0.05, 0.1) is 11.7 Å². The van der Waals surface area contributed by atoms with Crippen LogP contribution in [0.4, 0.5) is 21.0 Å². The molecule has 4 aromatic rings. The van der Waals surface area contributed by atoms with Crippen LogP contribution in [0, 0.1) is 6.92 Å². The van der Waals surface area contributed by atoms with Crippen LogP contribution in [-0.2, 0) is 22.6 Å². The molecule has 13 heteroatoms. The third-order valence-corrected chi connectivity index (χ3v) is 9.39. The normalized spacial score (nSPS) is 18.1. The monoisotopic (exact) mass is 637 g/mol. The molecule has 5 heterocycles. The highest BCUT2D eigenvalue weighted by Crippen LogP contribution is 2.28. The predicted octanol–water partition coefficient (Wildman–Crippen LogP) is 3.68. The fourth-order valence-electron chi connectivity index (χ4n) is 6.87. The molecule has 47 heavy (non-hydrogen) atoms. The van der Waals surface area contributed by atoms with Crippen LogP contribution in [0.15, 0.2) is 67.1 Å². The summed E-state index contributed by atoms with van der Waals surface area (Å²) in [6.45, 7) is 5.96. The number of pyridine rings is 1. The van der Waals surface area contributed by atoms with E-state index in [9.17, 15) is 14.4 Å². The van der Waals surface area contributed by atoms with E-state index in [1.165, 1.54) is 0 Å². The fraction of sp³-hybridized carbons (Fsp3) is 0.382. The molecule has 0 radical (unpaired) electrons. The van der Waals surface area contributed by atoms with E-state index in [0.29, 0.717) is 65.1 Å². The highest BCUT2D eigenvalue weighted by molar-refractivity contribution is 5.92. The zero-order chi connectivity index (χ0) is 32.3. The fourth-order valence-corrected chi connectivity index (χ4v) is 6.87. The molecule has 0 aliphatic carbocycles. The standard InChI is InChI=1S/C34H39N9O4/c1-23-18-24(19-26-21-36-39-31(23)26)20-30(32(44)41-16-14-40(15-17-41)27-6-10-35-11-7-27)38-34(46)47-42-12-8-28(9-13-42)43-22-25-4-2-3-5-29(25)37-33(43)45/h2-7,10-11,18-19,21,28,30H,8-9,12-17,20,22H2,1H3,(H,36,39)(H,37,45)(H,38,46). The van der Waals surface area contributed by atoms with Crippen LogP contribution in [0.1, 0.15) is 29.5 Å². The first-order valence-corrected chi connectivity index (χ1v) is 16.2. The Morgan fingerprint density at radius 1 is 1.02 bits per heavy atom. The summed E-state index contributed by atoms with van der Waals surface area (Å²) in [5.74, 6) is -0.142. The minimum atomic E-state index is -0.812. The number of carbonyl (C=O) groups excluding carboxylic acids is 3. The van der Waals surface area contributed by atoms with Crippen molar-refractivity contribution in [1.29, 1.82) is 0 Å². The van der Waals surface area contributed by atoms with Crippen molar-refractivity contribution in [1.82, 2.24) is 35.4 Å². The van der Waals surface area contributed by atoms with Crippen LogP contribution in [0.5, 0.6) is 0 Å². The molecular weight excluding hydrogens is 598 g/mol. The molecule has 13 nitrogen and oxygen atoms in total. The van der Waals surface area contributed by atoms with Gasteiger partial charge >= 0.3 is 12.1 Å². The highest BCUT2D eigenvalue weighted by Gasteiger charge is 2.34. The SMILES string of the molecule is Cc1cc(CC(NC(=O)ON2CCC(N3Cc4ccccc4NC3=O)CC2)C(=O)N2CCN(c3ccncc3)CC2)cc2cn[nH]c12. The summed E-state index contributed by atoms with van der Waals surface area (Å²) in [6, 6.07) is 14.9. The number of para-hydroxylation sites is 1. The van der Waals surface area contributed by atoms with Gasteiger partial charge in [-0.15, -0.1) is 5.06 Å². The van der Waals surface area contributed by atoms with Crippen molar-refractivity contribution in [3.63, 3.8) is 0 Å². The molecule has 2 aromatic heterocycles. The summed E-state index contributed by atoms with van der Waals surface area (Å²) in [7, 11) is 0. The van der Waals surface area contributed by atoms with Gasteiger partial charge in [0, 0.05) is 87.4 Å². The Labute approximate surface area is 272 Å². The van der Waals surface area contributed by atoms with Crippen molar-refractivity contribution in [3.05, 3.63) is 83.8 Å². The van der Waals surface area contributed by atoms with Gasteiger partial charge < -0.3 is 30.2 Å². The number of urea groups is 1. The quantitative estimate of drug-likeness (QED) is 0.279. The topological polar surface area (TPSA) is 139 Å². The van der Waals surface area contributed by atoms with Crippen LogP contribution in [0.3, 0.4) is 0 Å². The highest BCUT2D eigenvalue weighted by atomic mass is 16.7. The minimum absolute atomic E-state index is 0.0347. The van der Waals surface area contributed by atoms with Gasteiger partial charge in [0.15, 0.2) is 0 Å². The number of nitrogens with one attached hydrogen (secondary N) is 3. The molecule has 2 aromatic carbocycles. The first-order valence-electron chi connectivity index (χ1n) is 16.2. The van der Waals surface area contributed by atoms with Gasteiger partial charge in [0.25, 0.3) is 0 Å². The van der Waals surface area contributed by atoms with Crippen LogP contribution in [-0.4, -0.2) is 99.4 Å². The van der Waals surface area contributed by atoms with Crippen molar-refractivity contribution < 1.29 is 19.2 Å². The molecule has 3 aliphatic rings. The predicted molar refractivity (Wildman–Crippen MR) is 177 cm³/mol. The maximum atomic E-state index is 14.0. The molecule has 2 fully saturated rings. The molecule has 7 rings (SSSR count). The summed E-state index contributed by atoms with van der Waals surface area (Å²) < 4.78 is 0. The number of aryl methyl sites for hydroxylation is 1. The third kappa shape index (κ3) is 6.70. The smallest absolute Gasteiger partial charge is 0.368 e. The van der Waals surface area contributed by atoms with Crippen molar-refractivity contribution in [2.75, 3.05) is 49.5 Å². The van der Waals surface area contributed by atoms with E-state index in [1.54, 1.807) is 23.7 Å². The maximum absolute atomic E-state index is 14.0. The average molecular weight is 638 g/mol. The average Bonchev–Trinajstić information content (AvgIpc) is 3.58. The number of fused-ring (bicyclic) bond motifs is 2. The third-order valence-electron chi connectivity index (χ3n) is 9.39. The van der Waals surface area contributed by atoms with Gasteiger partial charge in [-0.05, 0) is 60.7 Å². The Hall–Kier alpha value is -5.17. The first-order chi connectivity index (χ1) is 22.9. The first kappa shape index (κ1) is 30.5. The number of amides is 4. The van der Waals surface area contributed by atoms with E-state index in [-0.39, 0.29) is 18.0 Å². The number of hydrogen-bond donors (Lipinski definition) is 3. The number of piperidine rings is 1. The van der Waals surface area contributed by atoms with Crippen LogP contribution in [0.25, 0.3) is 10.9 Å². The molecule has 3 N–H and O–H groups in total. The number of aromatic nitrogens is 3. The van der Waals surface area contributed by atoms with Gasteiger partial charge in [0.1, 0.15) is 6.04 Å². The molecule has 2 saturated heterocycles. The van der Waals surface area contributed by atoms with E-state index in [0.717, 1.165) is 39.0 Å². The summed E-state index contributed by atoms with van der Waals surface area (Å²) in [6.07, 6.45) is 6.27. The van der Waals surface area contributed by atoms with Crippen LogP contribution < -0.4 is 15.5 Å². The van der Waals surface area contributed by atoms with E-state index < -0.39 is 12.1 Å². The number of hydrogen-bond acceptors (Lipinski definition) is 8. The Bertz CT molecular complexity index is 1750. The minimum Gasteiger partial charge on any atom is -0.368 e. The zero-order valence-corrected chi connectivity index (χ0v) is 26.4. The zero-order valence-electron chi connectivity index (χ0n) is 26.4. The molecule has 1 atom stereocenters. The molecule has 244 valence electrons. The number of carbonyl (C=O) groups is 3.